The van der Waals surface area contributed by atoms with Crippen LogP contribution >= 0.6 is 0 Å². The molecule has 3 heteroatoms. The van der Waals surface area contributed by atoms with Crippen molar-refractivity contribution in [3.8, 4) is 5.75 Å². The standard InChI is InChI=1S/C13H21NO2/c1-4-13(2,3)16-10-9-15-12-7-5-11(14)6-8-12/h5-8H,4,9-10,14H2,1-3H3. The maximum atomic E-state index is 5.67. The van der Waals surface area contributed by atoms with Crippen LogP contribution in [0.3, 0.4) is 0 Å². The van der Waals surface area contributed by atoms with Crippen LogP contribution < -0.4 is 10.5 Å². The minimum atomic E-state index is -0.0650. The fourth-order valence-electron chi connectivity index (χ4n) is 1.14. The zero-order valence-corrected chi connectivity index (χ0v) is 10.3. The molecule has 0 aliphatic heterocycles. The second kappa shape index (κ2) is 5.75. The number of ether oxygens (including phenoxy) is 2. The van der Waals surface area contributed by atoms with Crippen molar-refractivity contribution >= 4 is 5.69 Å². The third-order valence-electron chi connectivity index (χ3n) is 2.58. The van der Waals surface area contributed by atoms with E-state index in [1.54, 1.807) is 0 Å². The first kappa shape index (κ1) is 12.8. The second-order valence-electron chi connectivity index (χ2n) is 4.38. The monoisotopic (exact) mass is 223 g/mol. The molecule has 1 aromatic rings. The maximum Gasteiger partial charge on any atom is 0.119 e. The fourth-order valence-corrected chi connectivity index (χ4v) is 1.14. The number of rotatable bonds is 6. The van der Waals surface area contributed by atoms with E-state index in [-0.39, 0.29) is 5.60 Å². The molecule has 3 nitrogen and oxygen atoms in total. The van der Waals surface area contributed by atoms with E-state index in [0.717, 1.165) is 17.9 Å². The molecule has 0 fully saturated rings. The zero-order chi connectivity index (χ0) is 12.0. The van der Waals surface area contributed by atoms with Gasteiger partial charge in [-0.3, -0.25) is 0 Å². The Bertz CT molecular complexity index is 306. The molecule has 0 saturated carbocycles. The lowest BCUT2D eigenvalue weighted by Crippen LogP contribution is -2.25. The van der Waals surface area contributed by atoms with Crippen LogP contribution in [0.5, 0.6) is 5.75 Å². The third-order valence-corrected chi connectivity index (χ3v) is 2.58. The summed E-state index contributed by atoms with van der Waals surface area (Å²) in [5.74, 6) is 0.826. The molecule has 0 aliphatic rings. The first-order chi connectivity index (χ1) is 7.53. The van der Waals surface area contributed by atoms with Gasteiger partial charge in [-0.05, 0) is 44.5 Å². The number of nitrogen functional groups attached to an aromatic ring is 1. The number of anilines is 1. The van der Waals surface area contributed by atoms with Gasteiger partial charge in [0.2, 0.25) is 0 Å². The summed E-state index contributed by atoms with van der Waals surface area (Å²) in [4.78, 5) is 0. The lowest BCUT2D eigenvalue weighted by Gasteiger charge is -2.23. The minimum absolute atomic E-state index is 0.0650. The van der Waals surface area contributed by atoms with Gasteiger partial charge in [-0.25, -0.2) is 0 Å². The Morgan fingerprint density at radius 3 is 2.31 bits per heavy atom. The molecule has 0 aromatic heterocycles. The molecule has 0 bridgehead atoms. The van der Waals surface area contributed by atoms with Gasteiger partial charge in [0.05, 0.1) is 12.2 Å². The zero-order valence-electron chi connectivity index (χ0n) is 10.3. The lowest BCUT2D eigenvalue weighted by molar-refractivity contribution is -0.0317. The van der Waals surface area contributed by atoms with Crippen LogP contribution in [0.2, 0.25) is 0 Å². The van der Waals surface area contributed by atoms with E-state index >= 15 is 0 Å². The van der Waals surface area contributed by atoms with Gasteiger partial charge in [-0.15, -0.1) is 0 Å². The van der Waals surface area contributed by atoms with E-state index in [0.29, 0.717) is 13.2 Å². The van der Waals surface area contributed by atoms with Crippen LogP contribution in [0.15, 0.2) is 24.3 Å². The van der Waals surface area contributed by atoms with Crippen molar-refractivity contribution in [2.45, 2.75) is 32.8 Å². The van der Waals surface area contributed by atoms with E-state index in [1.165, 1.54) is 0 Å². The fraction of sp³-hybridized carbons (Fsp3) is 0.538. The Kier molecular flexibility index (Phi) is 4.62. The quantitative estimate of drug-likeness (QED) is 0.595. The predicted molar refractivity (Wildman–Crippen MR) is 66.7 cm³/mol. The highest BCUT2D eigenvalue weighted by Crippen LogP contribution is 2.15. The first-order valence-corrected chi connectivity index (χ1v) is 5.66. The van der Waals surface area contributed by atoms with Crippen molar-refractivity contribution in [1.29, 1.82) is 0 Å². The van der Waals surface area contributed by atoms with Crippen LogP contribution in [0.1, 0.15) is 27.2 Å². The molecule has 0 atom stereocenters. The minimum Gasteiger partial charge on any atom is -0.491 e. The Labute approximate surface area is 97.6 Å². The van der Waals surface area contributed by atoms with Crippen LogP contribution in [0.25, 0.3) is 0 Å². The summed E-state index contributed by atoms with van der Waals surface area (Å²) in [7, 11) is 0. The smallest absolute Gasteiger partial charge is 0.119 e. The largest absolute Gasteiger partial charge is 0.491 e. The van der Waals surface area contributed by atoms with Crippen molar-refractivity contribution in [2.75, 3.05) is 18.9 Å². The number of nitrogens with two attached hydrogens (primary N) is 1. The molecule has 1 rings (SSSR count). The topological polar surface area (TPSA) is 44.5 Å². The van der Waals surface area contributed by atoms with Crippen molar-refractivity contribution in [1.82, 2.24) is 0 Å². The average molecular weight is 223 g/mol. The van der Waals surface area contributed by atoms with Gasteiger partial charge in [0.25, 0.3) is 0 Å². The summed E-state index contributed by atoms with van der Waals surface area (Å²) >= 11 is 0. The van der Waals surface area contributed by atoms with Crippen molar-refractivity contribution in [3.05, 3.63) is 24.3 Å². The van der Waals surface area contributed by atoms with Crippen molar-refractivity contribution < 1.29 is 9.47 Å². The van der Waals surface area contributed by atoms with Crippen LogP contribution in [0.4, 0.5) is 5.69 Å². The van der Waals surface area contributed by atoms with Crippen molar-refractivity contribution in [2.24, 2.45) is 0 Å². The Morgan fingerprint density at radius 1 is 1.12 bits per heavy atom. The normalized spacial score (nSPS) is 11.4. The molecule has 0 heterocycles. The van der Waals surface area contributed by atoms with Crippen LogP contribution in [-0.2, 0) is 4.74 Å². The van der Waals surface area contributed by atoms with Crippen LogP contribution in [-0.4, -0.2) is 18.8 Å². The molecule has 0 radical (unpaired) electrons. The molecular formula is C13H21NO2. The van der Waals surface area contributed by atoms with Gasteiger partial charge >= 0.3 is 0 Å². The van der Waals surface area contributed by atoms with E-state index in [1.807, 2.05) is 24.3 Å². The predicted octanol–water partition coefficient (Wildman–Crippen LogP) is 2.85. The van der Waals surface area contributed by atoms with E-state index in [4.69, 9.17) is 15.2 Å². The number of hydrogen-bond acceptors (Lipinski definition) is 3. The number of benzene rings is 1. The molecular weight excluding hydrogens is 202 g/mol. The highest BCUT2D eigenvalue weighted by Gasteiger charge is 2.14. The molecule has 1 aromatic carbocycles. The number of hydrogen-bond donors (Lipinski definition) is 1. The van der Waals surface area contributed by atoms with E-state index in [2.05, 4.69) is 20.8 Å². The Balaban J connectivity index is 2.23. The van der Waals surface area contributed by atoms with Crippen LogP contribution in [0, 0.1) is 0 Å². The molecule has 0 spiro atoms. The molecule has 90 valence electrons. The SMILES string of the molecule is CCC(C)(C)OCCOc1ccc(N)cc1. The molecule has 0 aliphatic carbocycles. The lowest BCUT2D eigenvalue weighted by atomic mass is 10.1. The molecule has 0 unspecified atom stereocenters. The summed E-state index contributed by atoms with van der Waals surface area (Å²) in [5, 5.41) is 0. The summed E-state index contributed by atoms with van der Waals surface area (Å²) in [5.41, 5.74) is 6.26. The third kappa shape index (κ3) is 4.53. The van der Waals surface area contributed by atoms with E-state index < -0.39 is 0 Å². The summed E-state index contributed by atoms with van der Waals surface area (Å²) in [6, 6.07) is 7.37. The second-order valence-corrected chi connectivity index (χ2v) is 4.38. The molecule has 16 heavy (non-hydrogen) atoms. The van der Waals surface area contributed by atoms with Crippen molar-refractivity contribution in [3.63, 3.8) is 0 Å². The molecule has 0 saturated heterocycles. The Morgan fingerprint density at radius 2 is 1.75 bits per heavy atom. The maximum absolute atomic E-state index is 5.67. The summed E-state index contributed by atoms with van der Waals surface area (Å²) in [6.07, 6.45) is 0.995. The van der Waals surface area contributed by atoms with Gasteiger partial charge in [0, 0.05) is 5.69 Å². The Hall–Kier alpha value is -1.22. The van der Waals surface area contributed by atoms with Gasteiger partial charge in [0.1, 0.15) is 12.4 Å². The highest BCUT2D eigenvalue weighted by molar-refractivity contribution is 5.41. The summed E-state index contributed by atoms with van der Waals surface area (Å²) in [6.45, 7) is 7.44. The highest BCUT2D eigenvalue weighted by atomic mass is 16.5. The van der Waals surface area contributed by atoms with Gasteiger partial charge in [-0.1, -0.05) is 6.92 Å². The van der Waals surface area contributed by atoms with Gasteiger partial charge in [-0.2, -0.15) is 0 Å². The molecule has 2 N–H and O–H groups in total. The van der Waals surface area contributed by atoms with E-state index in [9.17, 15) is 0 Å². The van der Waals surface area contributed by atoms with Gasteiger partial charge < -0.3 is 15.2 Å². The first-order valence-electron chi connectivity index (χ1n) is 5.66. The molecule has 0 amide bonds. The summed E-state index contributed by atoms with van der Waals surface area (Å²) < 4.78 is 11.2. The van der Waals surface area contributed by atoms with Gasteiger partial charge in [0.15, 0.2) is 0 Å². The average Bonchev–Trinajstić information content (AvgIpc) is 2.27.